The Balaban J connectivity index is 1.59. The molecule has 3 rings (SSSR count). The van der Waals surface area contributed by atoms with Gasteiger partial charge in [0.05, 0.1) is 36.0 Å². The van der Waals surface area contributed by atoms with Gasteiger partial charge in [-0.1, -0.05) is 6.07 Å². The van der Waals surface area contributed by atoms with Crippen molar-refractivity contribution in [2.24, 2.45) is 0 Å². The Labute approximate surface area is 117 Å². The quantitative estimate of drug-likeness (QED) is 0.756. The average Bonchev–Trinajstić information content (AvgIpc) is 2.93. The van der Waals surface area contributed by atoms with Crippen molar-refractivity contribution in [2.75, 3.05) is 0 Å². The first-order valence-corrected chi connectivity index (χ1v) is 6.67. The van der Waals surface area contributed by atoms with Crippen molar-refractivity contribution in [3.63, 3.8) is 0 Å². The maximum absolute atomic E-state index is 12.2. The SMILES string of the molecule is Cc1cccnc1CNC(=O)C1Cc2nc[nH]c2CN1. The summed E-state index contributed by atoms with van der Waals surface area (Å²) < 4.78 is 0. The van der Waals surface area contributed by atoms with Crippen LogP contribution in [-0.2, 0) is 24.3 Å². The molecule has 6 heteroatoms. The fourth-order valence-electron chi connectivity index (χ4n) is 2.35. The van der Waals surface area contributed by atoms with Gasteiger partial charge in [0.25, 0.3) is 0 Å². The Morgan fingerprint density at radius 2 is 2.40 bits per heavy atom. The van der Waals surface area contributed by atoms with E-state index in [2.05, 4.69) is 25.6 Å². The lowest BCUT2D eigenvalue weighted by Gasteiger charge is -2.22. The van der Waals surface area contributed by atoms with Crippen LogP contribution < -0.4 is 10.6 Å². The maximum atomic E-state index is 12.2. The van der Waals surface area contributed by atoms with Gasteiger partial charge in [-0.3, -0.25) is 15.1 Å². The molecule has 3 N–H and O–H groups in total. The van der Waals surface area contributed by atoms with Crippen LogP contribution in [0.3, 0.4) is 0 Å². The third-order valence-corrected chi connectivity index (χ3v) is 3.59. The van der Waals surface area contributed by atoms with Crippen LogP contribution in [0.25, 0.3) is 0 Å². The number of pyridine rings is 1. The summed E-state index contributed by atoms with van der Waals surface area (Å²) >= 11 is 0. The highest BCUT2D eigenvalue weighted by atomic mass is 16.2. The van der Waals surface area contributed by atoms with Crippen molar-refractivity contribution in [3.05, 3.63) is 47.3 Å². The minimum atomic E-state index is -0.227. The molecule has 0 spiro atoms. The minimum Gasteiger partial charge on any atom is -0.349 e. The zero-order valence-electron chi connectivity index (χ0n) is 11.3. The Bertz CT molecular complexity index is 622. The number of amides is 1. The van der Waals surface area contributed by atoms with Crippen LogP contribution in [0.2, 0.25) is 0 Å². The van der Waals surface area contributed by atoms with Crippen molar-refractivity contribution in [3.8, 4) is 0 Å². The summed E-state index contributed by atoms with van der Waals surface area (Å²) in [4.78, 5) is 23.7. The third-order valence-electron chi connectivity index (χ3n) is 3.59. The lowest BCUT2D eigenvalue weighted by Crippen LogP contribution is -2.47. The number of carbonyl (C=O) groups excluding carboxylic acids is 1. The predicted octanol–water partition coefficient (Wildman–Crippen LogP) is 0.444. The Morgan fingerprint density at radius 3 is 3.25 bits per heavy atom. The van der Waals surface area contributed by atoms with Crippen molar-refractivity contribution in [2.45, 2.75) is 32.5 Å². The van der Waals surface area contributed by atoms with E-state index in [9.17, 15) is 4.79 Å². The Kier molecular flexibility index (Phi) is 3.47. The smallest absolute Gasteiger partial charge is 0.237 e. The first-order chi connectivity index (χ1) is 9.74. The van der Waals surface area contributed by atoms with Gasteiger partial charge in [-0.2, -0.15) is 0 Å². The highest BCUT2D eigenvalue weighted by molar-refractivity contribution is 5.82. The van der Waals surface area contributed by atoms with Crippen LogP contribution in [0, 0.1) is 6.92 Å². The Morgan fingerprint density at radius 1 is 1.50 bits per heavy atom. The average molecular weight is 271 g/mol. The van der Waals surface area contributed by atoms with Gasteiger partial charge in [0, 0.05) is 19.2 Å². The van der Waals surface area contributed by atoms with E-state index in [1.54, 1.807) is 12.5 Å². The molecule has 6 nitrogen and oxygen atoms in total. The molecule has 0 bridgehead atoms. The van der Waals surface area contributed by atoms with Gasteiger partial charge in [0.2, 0.25) is 5.91 Å². The molecule has 1 unspecified atom stereocenters. The van der Waals surface area contributed by atoms with Crippen LogP contribution in [0.1, 0.15) is 22.6 Å². The van der Waals surface area contributed by atoms with E-state index in [1.807, 2.05) is 19.1 Å². The number of hydrogen-bond donors (Lipinski definition) is 3. The first-order valence-electron chi connectivity index (χ1n) is 6.67. The number of aromatic amines is 1. The molecule has 0 saturated heterocycles. The molecule has 3 heterocycles. The summed E-state index contributed by atoms with van der Waals surface area (Å²) in [6.45, 7) is 3.09. The second-order valence-electron chi connectivity index (χ2n) is 4.95. The van der Waals surface area contributed by atoms with E-state index in [0.29, 0.717) is 19.5 Å². The normalized spacial score (nSPS) is 17.6. The second kappa shape index (κ2) is 5.42. The van der Waals surface area contributed by atoms with Crippen molar-refractivity contribution in [1.29, 1.82) is 0 Å². The van der Waals surface area contributed by atoms with E-state index in [-0.39, 0.29) is 11.9 Å². The fourth-order valence-corrected chi connectivity index (χ4v) is 2.35. The highest BCUT2D eigenvalue weighted by Gasteiger charge is 2.25. The van der Waals surface area contributed by atoms with Crippen molar-refractivity contribution in [1.82, 2.24) is 25.6 Å². The van der Waals surface area contributed by atoms with Crippen molar-refractivity contribution >= 4 is 5.91 Å². The number of rotatable bonds is 3. The third kappa shape index (κ3) is 2.55. The summed E-state index contributed by atoms with van der Waals surface area (Å²) in [6, 6.07) is 3.65. The molecule has 2 aromatic rings. The molecule has 1 atom stereocenters. The second-order valence-corrected chi connectivity index (χ2v) is 4.95. The number of carbonyl (C=O) groups is 1. The van der Waals surface area contributed by atoms with Crippen molar-refractivity contribution < 1.29 is 4.79 Å². The van der Waals surface area contributed by atoms with Crippen LogP contribution in [0.4, 0.5) is 0 Å². The molecule has 104 valence electrons. The molecule has 0 saturated carbocycles. The molecule has 0 aromatic carbocycles. The van der Waals surface area contributed by atoms with E-state index in [4.69, 9.17) is 0 Å². The lowest BCUT2D eigenvalue weighted by molar-refractivity contribution is -0.123. The van der Waals surface area contributed by atoms with Crippen LogP contribution in [-0.4, -0.2) is 26.9 Å². The lowest BCUT2D eigenvalue weighted by atomic mass is 10.0. The molecule has 2 aromatic heterocycles. The number of aryl methyl sites for hydroxylation is 1. The molecule has 0 radical (unpaired) electrons. The van der Waals surface area contributed by atoms with Gasteiger partial charge >= 0.3 is 0 Å². The maximum Gasteiger partial charge on any atom is 0.237 e. The zero-order valence-corrected chi connectivity index (χ0v) is 11.3. The number of hydrogen-bond acceptors (Lipinski definition) is 4. The first kappa shape index (κ1) is 12.8. The molecular weight excluding hydrogens is 254 g/mol. The number of aromatic nitrogens is 3. The summed E-state index contributed by atoms with van der Waals surface area (Å²) in [5.74, 6) is -0.0105. The number of H-pyrrole nitrogens is 1. The topological polar surface area (TPSA) is 82.7 Å². The number of nitrogens with one attached hydrogen (secondary N) is 3. The summed E-state index contributed by atoms with van der Waals surface area (Å²) in [5, 5.41) is 6.14. The molecule has 1 amide bonds. The van der Waals surface area contributed by atoms with Gasteiger partial charge in [-0.05, 0) is 18.6 Å². The molecule has 0 aliphatic carbocycles. The summed E-state index contributed by atoms with van der Waals surface area (Å²) in [7, 11) is 0. The van der Waals surface area contributed by atoms with Gasteiger partial charge in [0.15, 0.2) is 0 Å². The standard InChI is InChI=1S/C14H17N5O/c1-9-3-2-4-15-12(9)6-17-14(20)11-5-10-13(7-16-11)19-8-18-10/h2-4,8,11,16H,5-7H2,1H3,(H,17,20)(H,18,19). The fraction of sp³-hybridized carbons (Fsp3) is 0.357. The van der Waals surface area contributed by atoms with E-state index in [1.165, 1.54) is 0 Å². The van der Waals surface area contributed by atoms with E-state index < -0.39 is 0 Å². The number of imidazole rings is 1. The van der Waals surface area contributed by atoms with Crippen LogP contribution in [0.15, 0.2) is 24.7 Å². The van der Waals surface area contributed by atoms with Crippen LogP contribution in [0.5, 0.6) is 0 Å². The predicted molar refractivity (Wildman–Crippen MR) is 73.7 cm³/mol. The summed E-state index contributed by atoms with van der Waals surface area (Å²) in [6.07, 6.45) is 4.03. The van der Waals surface area contributed by atoms with E-state index in [0.717, 1.165) is 22.6 Å². The van der Waals surface area contributed by atoms with Crippen LogP contribution >= 0.6 is 0 Å². The number of nitrogens with zero attached hydrogens (tertiary/aromatic N) is 2. The number of fused-ring (bicyclic) bond motifs is 1. The zero-order chi connectivity index (χ0) is 13.9. The molecule has 0 fully saturated rings. The van der Waals surface area contributed by atoms with Gasteiger partial charge in [-0.15, -0.1) is 0 Å². The monoisotopic (exact) mass is 271 g/mol. The molecular formula is C14H17N5O. The largest absolute Gasteiger partial charge is 0.349 e. The molecule has 1 aliphatic rings. The van der Waals surface area contributed by atoms with Gasteiger partial charge in [0.1, 0.15) is 0 Å². The highest BCUT2D eigenvalue weighted by Crippen LogP contribution is 2.12. The molecule has 20 heavy (non-hydrogen) atoms. The van der Waals surface area contributed by atoms with E-state index >= 15 is 0 Å². The van der Waals surface area contributed by atoms with Gasteiger partial charge in [-0.25, -0.2) is 4.98 Å². The summed E-state index contributed by atoms with van der Waals surface area (Å²) in [5.41, 5.74) is 4.02. The minimum absolute atomic E-state index is 0.0105. The Hall–Kier alpha value is -2.21. The van der Waals surface area contributed by atoms with Gasteiger partial charge < -0.3 is 10.3 Å². The molecule has 1 aliphatic heterocycles.